The third kappa shape index (κ3) is 7.64. The van der Waals surface area contributed by atoms with Crippen LogP contribution >= 0.6 is 15.9 Å². The first-order valence-corrected chi connectivity index (χ1v) is 20.1. The summed E-state index contributed by atoms with van der Waals surface area (Å²) in [7, 11) is 0. The van der Waals surface area contributed by atoms with Gasteiger partial charge in [0.1, 0.15) is 0 Å². The number of rotatable bonds is 11. The largest absolute Gasteiger partial charge is 0.310 e. The number of benzene rings is 8. The van der Waals surface area contributed by atoms with E-state index in [4.69, 9.17) is 4.98 Å². The van der Waals surface area contributed by atoms with Gasteiger partial charge in [-0.05, 0) is 103 Å². The van der Waals surface area contributed by atoms with Gasteiger partial charge in [0.25, 0.3) is 0 Å². The molecule has 0 aliphatic heterocycles. The fourth-order valence-corrected chi connectivity index (χ4v) is 7.94. The summed E-state index contributed by atoms with van der Waals surface area (Å²) in [5.41, 5.74) is 13.3. The molecule has 0 aliphatic rings. The second kappa shape index (κ2) is 16.9. The van der Waals surface area contributed by atoms with E-state index in [-0.39, 0.29) is 0 Å². The maximum atomic E-state index is 4.93. The average Bonchev–Trinajstić information content (AvgIpc) is 3.29. The van der Waals surface area contributed by atoms with Gasteiger partial charge in [-0.15, -0.1) is 0 Å². The van der Waals surface area contributed by atoms with Crippen LogP contribution in [0.5, 0.6) is 0 Å². The lowest BCUT2D eigenvalue weighted by Gasteiger charge is -2.34. The monoisotopic (exact) mass is 810 g/mol. The van der Waals surface area contributed by atoms with Crippen molar-refractivity contribution in [3.8, 4) is 22.4 Å². The molecular formula is C53H39BrN4. The third-order valence-electron chi connectivity index (χ3n) is 10.1. The van der Waals surface area contributed by atoms with Gasteiger partial charge in [0.05, 0.1) is 28.4 Å². The highest BCUT2D eigenvalue weighted by atomic mass is 79.9. The van der Waals surface area contributed by atoms with Crippen LogP contribution in [0.4, 0.5) is 51.2 Å². The van der Waals surface area contributed by atoms with Crippen molar-refractivity contribution in [2.24, 2.45) is 0 Å². The van der Waals surface area contributed by atoms with Crippen molar-refractivity contribution in [1.82, 2.24) is 4.98 Å². The predicted molar refractivity (Wildman–Crippen MR) is 247 cm³/mol. The first kappa shape index (κ1) is 36.4. The summed E-state index contributed by atoms with van der Waals surface area (Å²) in [5, 5.41) is 0. The summed E-state index contributed by atoms with van der Waals surface area (Å²) < 4.78 is 0.980. The molecule has 278 valence electrons. The normalized spacial score (nSPS) is 10.8. The maximum absolute atomic E-state index is 4.93. The molecular weight excluding hydrogens is 773 g/mol. The summed E-state index contributed by atoms with van der Waals surface area (Å²) in [4.78, 5) is 12.0. The van der Waals surface area contributed by atoms with Crippen molar-refractivity contribution in [1.29, 1.82) is 0 Å². The molecule has 0 saturated carbocycles. The fourth-order valence-electron chi connectivity index (χ4n) is 7.56. The van der Waals surface area contributed by atoms with E-state index in [1.807, 2.05) is 12.3 Å². The van der Waals surface area contributed by atoms with Gasteiger partial charge in [0.15, 0.2) is 0 Å². The van der Waals surface area contributed by atoms with Crippen LogP contribution < -0.4 is 14.7 Å². The van der Waals surface area contributed by atoms with Crippen LogP contribution in [0.1, 0.15) is 0 Å². The fraction of sp³-hybridized carbons (Fsp3) is 0. The highest BCUT2D eigenvalue weighted by Crippen LogP contribution is 2.50. The Balaban J connectivity index is 1.40. The van der Waals surface area contributed by atoms with E-state index in [0.29, 0.717) is 0 Å². The number of nitrogens with zero attached hydrogens (tertiary/aromatic N) is 4. The summed E-state index contributed by atoms with van der Waals surface area (Å²) in [6.45, 7) is 0. The molecule has 9 rings (SSSR count). The lowest BCUT2D eigenvalue weighted by molar-refractivity contribution is 1.22. The van der Waals surface area contributed by atoms with E-state index < -0.39 is 0 Å². The molecule has 4 nitrogen and oxygen atoms in total. The van der Waals surface area contributed by atoms with Gasteiger partial charge >= 0.3 is 0 Å². The van der Waals surface area contributed by atoms with Crippen molar-refractivity contribution in [3.05, 3.63) is 241 Å². The molecule has 1 heterocycles. The number of halogens is 1. The van der Waals surface area contributed by atoms with Crippen LogP contribution in [0.15, 0.2) is 241 Å². The van der Waals surface area contributed by atoms with Gasteiger partial charge in [-0.3, -0.25) is 4.98 Å². The Bertz CT molecular complexity index is 2490. The number of para-hydroxylation sites is 5. The quantitative estimate of drug-likeness (QED) is 0.130. The number of hydrogen-bond donors (Lipinski definition) is 0. The van der Waals surface area contributed by atoms with Crippen molar-refractivity contribution >= 4 is 67.1 Å². The Morgan fingerprint density at radius 3 is 1.19 bits per heavy atom. The van der Waals surface area contributed by atoms with E-state index in [2.05, 4.69) is 255 Å². The Hall–Kier alpha value is -7.21. The zero-order valence-electron chi connectivity index (χ0n) is 31.7. The standard InChI is InChI=1S/C53H39BrN4/c54-41-22-18-31-46(36-41)58(53-50(40-20-6-1-7-21-40)32-19-33-51(53)52-34-16-17-35-55-52)49-38-47(56(42-23-8-2-9-24-42)43-25-10-3-11-26-43)37-48(39-49)57(44-27-12-4-13-28-44)45-29-14-5-15-30-45/h1-39H. The third-order valence-corrected chi connectivity index (χ3v) is 10.6. The molecule has 8 aromatic carbocycles. The minimum Gasteiger partial charge on any atom is -0.310 e. The zero-order chi connectivity index (χ0) is 39.1. The molecule has 0 amide bonds. The molecule has 1 aromatic heterocycles. The van der Waals surface area contributed by atoms with Crippen molar-refractivity contribution in [3.63, 3.8) is 0 Å². The number of hydrogen-bond acceptors (Lipinski definition) is 4. The second-order valence-electron chi connectivity index (χ2n) is 13.8. The molecule has 0 unspecified atom stereocenters. The molecule has 9 aromatic rings. The van der Waals surface area contributed by atoms with E-state index >= 15 is 0 Å². The van der Waals surface area contributed by atoms with Crippen LogP contribution in [0.25, 0.3) is 22.4 Å². The summed E-state index contributed by atoms with van der Waals surface area (Å²) in [6, 6.07) is 81.1. The van der Waals surface area contributed by atoms with Crippen LogP contribution in [0.2, 0.25) is 0 Å². The molecule has 0 N–H and O–H groups in total. The number of anilines is 9. The molecule has 0 spiro atoms. The first-order valence-electron chi connectivity index (χ1n) is 19.3. The zero-order valence-corrected chi connectivity index (χ0v) is 33.3. The molecule has 0 bridgehead atoms. The van der Waals surface area contributed by atoms with Crippen molar-refractivity contribution in [2.75, 3.05) is 14.7 Å². The molecule has 0 fully saturated rings. The van der Waals surface area contributed by atoms with Gasteiger partial charge < -0.3 is 14.7 Å². The van der Waals surface area contributed by atoms with Crippen LogP contribution in [-0.2, 0) is 0 Å². The minimum atomic E-state index is 0.886. The summed E-state index contributed by atoms with van der Waals surface area (Å²) in [6.07, 6.45) is 1.87. The Kier molecular flexibility index (Phi) is 10.6. The van der Waals surface area contributed by atoms with E-state index in [1.165, 1.54) is 0 Å². The molecule has 0 radical (unpaired) electrons. The molecule has 0 saturated heterocycles. The van der Waals surface area contributed by atoms with Gasteiger partial charge in [-0.25, -0.2) is 0 Å². The predicted octanol–water partition coefficient (Wildman–Crippen LogP) is 15.6. The lowest BCUT2D eigenvalue weighted by atomic mass is 9.96. The molecule has 5 heteroatoms. The lowest BCUT2D eigenvalue weighted by Crippen LogP contribution is -2.17. The Morgan fingerprint density at radius 2 is 0.724 bits per heavy atom. The number of aromatic nitrogens is 1. The first-order chi connectivity index (χ1) is 28.7. The number of pyridine rings is 1. The second-order valence-corrected chi connectivity index (χ2v) is 14.7. The van der Waals surface area contributed by atoms with Gasteiger partial charge in [-0.2, -0.15) is 0 Å². The summed E-state index contributed by atoms with van der Waals surface area (Å²) >= 11 is 3.84. The molecule has 0 atom stereocenters. The van der Waals surface area contributed by atoms with Crippen LogP contribution in [0.3, 0.4) is 0 Å². The molecule has 0 aliphatic carbocycles. The highest BCUT2D eigenvalue weighted by molar-refractivity contribution is 9.10. The maximum Gasteiger partial charge on any atom is 0.0723 e. The van der Waals surface area contributed by atoms with Gasteiger partial charge in [0, 0.05) is 50.2 Å². The smallest absolute Gasteiger partial charge is 0.0723 e. The van der Waals surface area contributed by atoms with Gasteiger partial charge in [0.2, 0.25) is 0 Å². The SMILES string of the molecule is Brc1cccc(N(c2cc(N(c3ccccc3)c3ccccc3)cc(N(c3ccccc3)c3ccccc3)c2)c2c(-c3ccccc3)cccc2-c2ccccn2)c1. The minimum absolute atomic E-state index is 0.886. The van der Waals surface area contributed by atoms with E-state index in [1.54, 1.807) is 0 Å². The van der Waals surface area contributed by atoms with Crippen LogP contribution in [0, 0.1) is 0 Å². The topological polar surface area (TPSA) is 22.6 Å². The van der Waals surface area contributed by atoms with Crippen molar-refractivity contribution in [2.45, 2.75) is 0 Å². The van der Waals surface area contributed by atoms with Gasteiger partial charge in [-0.1, -0.05) is 149 Å². The Morgan fingerprint density at radius 1 is 0.310 bits per heavy atom. The van der Waals surface area contributed by atoms with E-state index in [9.17, 15) is 0 Å². The molecule has 58 heavy (non-hydrogen) atoms. The van der Waals surface area contributed by atoms with Crippen LogP contribution in [-0.4, -0.2) is 4.98 Å². The highest BCUT2D eigenvalue weighted by Gasteiger charge is 2.26. The Labute approximate surface area is 348 Å². The average molecular weight is 812 g/mol. The summed E-state index contributed by atoms with van der Waals surface area (Å²) in [5.74, 6) is 0. The van der Waals surface area contributed by atoms with E-state index in [0.717, 1.165) is 78.0 Å². The van der Waals surface area contributed by atoms with Crippen molar-refractivity contribution < 1.29 is 0 Å².